The van der Waals surface area contributed by atoms with Gasteiger partial charge in [-0.1, -0.05) is 27.5 Å². The van der Waals surface area contributed by atoms with E-state index < -0.39 is 5.97 Å². The molecule has 92 valence electrons. The third kappa shape index (κ3) is 3.36. The van der Waals surface area contributed by atoms with Crippen molar-refractivity contribution in [2.45, 2.75) is 19.3 Å². The fourth-order valence-electron chi connectivity index (χ4n) is 1.69. The van der Waals surface area contributed by atoms with Gasteiger partial charge in [0.05, 0.1) is 18.1 Å². The zero-order valence-electron chi connectivity index (χ0n) is 9.08. The van der Waals surface area contributed by atoms with Crippen molar-refractivity contribution in [2.75, 3.05) is 6.61 Å². The first-order valence-electron chi connectivity index (χ1n) is 5.30. The number of carboxylic acids is 1. The first-order valence-corrected chi connectivity index (χ1v) is 6.48. The summed E-state index contributed by atoms with van der Waals surface area (Å²) in [5.74, 6) is -0.177. The van der Waals surface area contributed by atoms with Crippen molar-refractivity contribution in [1.29, 1.82) is 0 Å². The highest BCUT2D eigenvalue weighted by atomic mass is 79.9. The van der Waals surface area contributed by atoms with E-state index in [1.165, 1.54) is 0 Å². The summed E-state index contributed by atoms with van der Waals surface area (Å²) in [6.45, 7) is 0.412. The van der Waals surface area contributed by atoms with Crippen molar-refractivity contribution in [1.82, 2.24) is 0 Å². The van der Waals surface area contributed by atoms with Gasteiger partial charge < -0.3 is 9.84 Å². The predicted octanol–water partition coefficient (Wildman–Crippen LogP) is 3.74. The van der Waals surface area contributed by atoms with E-state index in [4.69, 9.17) is 21.4 Å². The van der Waals surface area contributed by atoms with Gasteiger partial charge in [0.1, 0.15) is 5.75 Å². The Morgan fingerprint density at radius 2 is 2.24 bits per heavy atom. The molecule has 0 saturated heterocycles. The standard InChI is InChI=1S/C12H12BrClO3/c13-8-1-2-9(14)10(5-8)17-7-12(3-4-12)6-11(15)16/h1-2,5H,3-4,6-7H2,(H,15,16). The molecule has 0 spiro atoms. The second-order valence-corrected chi connectivity index (χ2v) is 5.76. The Labute approximate surface area is 113 Å². The van der Waals surface area contributed by atoms with Crippen LogP contribution in [0, 0.1) is 5.41 Å². The fourth-order valence-corrected chi connectivity index (χ4v) is 2.20. The molecular weight excluding hydrogens is 307 g/mol. The SMILES string of the molecule is O=C(O)CC1(COc2cc(Br)ccc2Cl)CC1. The Kier molecular flexibility index (Phi) is 3.64. The zero-order valence-corrected chi connectivity index (χ0v) is 11.4. The maximum Gasteiger partial charge on any atom is 0.304 e. The Balaban J connectivity index is 1.98. The Morgan fingerprint density at radius 1 is 1.53 bits per heavy atom. The summed E-state index contributed by atoms with van der Waals surface area (Å²) in [7, 11) is 0. The van der Waals surface area contributed by atoms with Gasteiger partial charge in [-0.05, 0) is 31.0 Å². The summed E-state index contributed by atoms with van der Waals surface area (Å²) in [6.07, 6.45) is 1.98. The lowest BCUT2D eigenvalue weighted by molar-refractivity contribution is -0.138. The monoisotopic (exact) mass is 318 g/mol. The Hall–Kier alpha value is -0.740. The molecule has 0 unspecified atom stereocenters. The Bertz CT molecular complexity index is 443. The molecule has 1 saturated carbocycles. The molecular formula is C12H12BrClO3. The average molecular weight is 320 g/mol. The summed E-state index contributed by atoms with van der Waals surface area (Å²) in [4.78, 5) is 10.7. The summed E-state index contributed by atoms with van der Waals surface area (Å²) in [6, 6.07) is 5.37. The number of aliphatic carboxylic acids is 1. The molecule has 1 aromatic rings. The van der Waals surface area contributed by atoms with Gasteiger partial charge in [-0.2, -0.15) is 0 Å². The molecule has 0 amide bonds. The number of rotatable bonds is 5. The number of halogens is 2. The molecule has 2 rings (SSSR count). The lowest BCUT2D eigenvalue weighted by Crippen LogP contribution is -2.17. The number of hydrogen-bond donors (Lipinski definition) is 1. The molecule has 1 aliphatic carbocycles. The van der Waals surface area contributed by atoms with Crippen molar-refractivity contribution in [3.05, 3.63) is 27.7 Å². The van der Waals surface area contributed by atoms with Gasteiger partial charge >= 0.3 is 5.97 Å². The van der Waals surface area contributed by atoms with Crippen LogP contribution >= 0.6 is 27.5 Å². The van der Waals surface area contributed by atoms with Crippen LogP contribution in [0.5, 0.6) is 5.75 Å². The minimum atomic E-state index is -0.772. The topological polar surface area (TPSA) is 46.5 Å². The summed E-state index contributed by atoms with van der Waals surface area (Å²) < 4.78 is 6.51. The van der Waals surface area contributed by atoms with Crippen LogP contribution in [0.15, 0.2) is 22.7 Å². The molecule has 1 aromatic carbocycles. The quantitative estimate of drug-likeness (QED) is 0.899. The first kappa shape index (κ1) is 12.7. The molecule has 0 bridgehead atoms. The highest BCUT2D eigenvalue weighted by Gasteiger charge is 2.45. The van der Waals surface area contributed by atoms with Crippen LogP contribution in [-0.2, 0) is 4.79 Å². The van der Waals surface area contributed by atoms with E-state index in [0.717, 1.165) is 17.3 Å². The normalized spacial score (nSPS) is 16.6. The number of ether oxygens (including phenoxy) is 1. The number of benzene rings is 1. The van der Waals surface area contributed by atoms with Crippen LogP contribution < -0.4 is 4.74 Å². The van der Waals surface area contributed by atoms with Crippen molar-refractivity contribution >= 4 is 33.5 Å². The van der Waals surface area contributed by atoms with E-state index in [9.17, 15) is 4.79 Å². The minimum Gasteiger partial charge on any atom is -0.491 e. The molecule has 0 heterocycles. The molecule has 17 heavy (non-hydrogen) atoms. The summed E-state index contributed by atoms with van der Waals surface area (Å²) in [5.41, 5.74) is -0.183. The smallest absolute Gasteiger partial charge is 0.304 e. The molecule has 0 radical (unpaired) electrons. The second-order valence-electron chi connectivity index (χ2n) is 4.43. The summed E-state index contributed by atoms with van der Waals surface area (Å²) in [5, 5.41) is 9.34. The average Bonchev–Trinajstić information content (AvgIpc) is 2.99. The van der Waals surface area contributed by atoms with Crippen LogP contribution in [0.4, 0.5) is 0 Å². The zero-order chi connectivity index (χ0) is 12.5. The van der Waals surface area contributed by atoms with Gasteiger partial charge in [0.15, 0.2) is 0 Å². The van der Waals surface area contributed by atoms with Crippen molar-refractivity contribution in [3.63, 3.8) is 0 Å². The molecule has 1 N–H and O–H groups in total. The molecule has 1 fully saturated rings. The maximum absolute atomic E-state index is 10.7. The number of carbonyl (C=O) groups is 1. The third-order valence-electron chi connectivity index (χ3n) is 2.91. The highest BCUT2D eigenvalue weighted by Crippen LogP contribution is 2.49. The van der Waals surface area contributed by atoms with Gasteiger partial charge in [-0.15, -0.1) is 0 Å². The van der Waals surface area contributed by atoms with Crippen LogP contribution in [0.25, 0.3) is 0 Å². The number of carboxylic acid groups (broad SMARTS) is 1. The van der Waals surface area contributed by atoms with Gasteiger partial charge in [-0.3, -0.25) is 4.79 Å². The second kappa shape index (κ2) is 4.86. The lowest BCUT2D eigenvalue weighted by Gasteiger charge is -2.15. The van der Waals surface area contributed by atoms with Crippen molar-refractivity contribution in [3.8, 4) is 5.75 Å². The Morgan fingerprint density at radius 3 is 2.82 bits per heavy atom. The molecule has 3 nitrogen and oxygen atoms in total. The first-order chi connectivity index (χ1) is 8.01. The van der Waals surface area contributed by atoms with E-state index in [-0.39, 0.29) is 11.8 Å². The van der Waals surface area contributed by atoms with E-state index in [1.54, 1.807) is 12.1 Å². The molecule has 0 aliphatic heterocycles. The van der Waals surface area contributed by atoms with Gasteiger partial charge in [0.25, 0.3) is 0 Å². The van der Waals surface area contributed by atoms with Crippen molar-refractivity contribution in [2.24, 2.45) is 5.41 Å². The van der Waals surface area contributed by atoms with E-state index in [0.29, 0.717) is 17.4 Å². The van der Waals surface area contributed by atoms with E-state index in [2.05, 4.69) is 15.9 Å². The van der Waals surface area contributed by atoms with Crippen LogP contribution in [0.1, 0.15) is 19.3 Å². The van der Waals surface area contributed by atoms with Crippen LogP contribution in [0.2, 0.25) is 5.02 Å². The van der Waals surface area contributed by atoms with E-state index in [1.807, 2.05) is 6.07 Å². The number of hydrogen-bond acceptors (Lipinski definition) is 2. The van der Waals surface area contributed by atoms with Crippen molar-refractivity contribution < 1.29 is 14.6 Å². The van der Waals surface area contributed by atoms with Crippen LogP contribution in [0.3, 0.4) is 0 Å². The van der Waals surface area contributed by atoms with E-state index >= 15 is 0 Å². The largest absolute Gasteiger partial charge is 0.491 e. The molecule has 5 heteroatoms. The third-order valence-corrected chi connectivity index (χ3v) is 3.72. The van der Waals surface area contributed by atoms with Gasteiger partial charge in [-0.25, -0.2) is 0 Å². The fraction of sp³-hybridized carbons (Fsp3) is 0.417. The summed E-state index contributed by atoms with van der Waals surface area (Å²) >= 11 is 9.33. The minimum absolute atomic E-state index is 0.165. The van der Waals surface area contributed by atoms with Gasteiger partial charge in [0, 0.05) is 9.89 Å². The van der Waals surface area contributed by atoms with Crippen LogP contribution in [-0.4, -0.2) is 17.7 Å². The molecule has 1 aliphatic rings. The lowest BCUT2D eigenvalue weighted by atomic mass is 10.0. The highest BCUT2D eigenvalue weighted by molar-refractivity contribution is 9.10. The molecule has 0 aromatic heterocycles. The molecule has 0 atom stereocenters. The predicted molar refractivity (Wildman–Crippen MR) is 68.6 cm³/mol. The maximum atomic E-state index is 10.7. The van der Waals surface area contributed by atoms with Gasteiger partial charge in [0.2, 0.25) is 0 Å².